The first-order valence-electron chi connectivity index (χ1n) is 7.63. The molecule has 1 aromatic heterocycles. The average molecular weight is 377 g/mol. The highest BCUT2D eigenvalue weighted by atomic mass is 32.1. The molecule has 0 aliphatic rings. The highest BCUT2D eigenvalue weighted by Gasteiger charge is 2.15. The van der Waals surface area contributed by atoms with Crippen LogP contribution in [-0.4, -0.2) is 39.1 Å². The van der Waals surface area contributed by atoms with Gasteiger partial charge in [-0.05, 0) is 24.6 Å². The van der Waals surface area contributed by atoms with E-state index >= 15 is 0 Å². The summed E-state index contributed by atoms with van der Waals surface area (Å²) in [4.78, 5) is 27.6. The summed E-state index contributed by atoms with van der Waals surface area (Å²) in [6, 6.07) is 7.05. The monoisotopic (exact) mass is 377 g/mol. The lowest BCUT2D eigenvalue weighted by molar-refractivity contribution is -0.139. The number of aliphatic carboxylic acids is 1. The van der Waals surface area contributed by atoms with E-state index in [-0.39, 0.29) is 12.4 Å². The van der Waals surface area contributed by atoms with Crippen LogP contribution in [0, 0.1) is 12.3 Å². The minimum absolute atomic E-state index is 0.203. The van der Waals surface area contributed by atoms with E-state index in [1.165, 1.54) is 11.3 Å². The zero-order valence-electron chi connectivity index (χ0n) is 13.9. The summed E-state index contributed by atoms with van der Waals surface area (Å²) in [5.41, 5.74) is 7.39. The maximum absolute atomic E-state index is 11.9. The fourth-order valence-electron chi connectivity index (χ4n) is 2.27. The molecule has 0 saturated heterocycles. The first-order chi connectivity index (χ1) is 12.2. The number of hydrogen-bond acceptors (Lipinski definition) is 6. The van der Waals surface area contributed by atoms with Crippen molar-refractivity contribution in [3.05, 3.63) is 30.0 Å². The fourth-order valence-corrected chi connectivity index (χ4v) is 3.25. The molecular weight excluding hydrogens is 358 g/mol. The second kappa shape index (κ2) is 8.41. The van der Waals surface area contributed by atoms with E-state index in [2.05, 4.69) is 15.6 Å². The molecule has 0 aliphatic heterocycles. The molecule has 1 amide bonds. The van der Waals surface area contributed by atoms with Gasteiger partial charge < -0.3 is 26.6 Å². The number of carboxylic acids is 1. The first kappa shape index (κ1) is 19.3. The number of carbonyl (C=O) groups is 2. The molecule has 0 fully saturated rings. The van der Waals surface area contributed by atoms with Crippen molar-refractivity contribution >= 4 is 40.0 Å². The first-order valence-corrected chi connectivity index (χ1v) is 8.45. The van der Waals surface area contributed by atoms with Gasteiger partial charge in [-0.2, -0.15) is 0 Å². The van der Waals surface area contributed by atoms with Crippen molar-refractivity contribution in [1.29, 1.82) is 5.41 Å². The summed E-state index contributed by atoms with van der Waals surface area (Å²) in [6.45, 7) is 1.82. The molecule has 0 radical (unpaired) electrons. The van der Waals surface area contributed by atoms with Crippen molar-refractivity contribution in [3.8, 4) is 10.4 Å². The average Bonchev–Trinajstić information content (AvgIpc) is 2.86. The van der Waals surface area contributed by atoms with Crippen LogP contribution < -0.4 is 16.4 Å². The molecule has 138 valence electrons. The second-order valence-electron chi connectivity index (χ2n) is 5.56. The van der Waals surface area contributed by atoms with Crippen LogP contribution in [0.4, 0.5) is 10.8 Å². The Hall–Kier alpha value is -2.98. The number of nitrogens with one attached hydrogen (secondary N) is 3. The maximum atomic E-state index is 11.9. The Labute approximate surface area is 153 Å². The van der Waals surface area contributed by atoms with E-state index in [4.69, 9.17) is 16.2 Å². The number of carboxylic acid groups (broad SMARTS) is 1. The van der Waals surface area contributed by atoms with Gasteiger partial charge in [0, 0.05) is 5.69 Å². The molecule has 1 heterocycles. The van der Waals surface area contributed by atoms with Crippen LogP contribution in [0.3, 0.4) is 0 Å². The SMILES string of the molecule is Cc1nc(NC(=N)N)sc1-c1cccc(NC(=O)CC(O)CC(=O)O)c1. The van der Waals surface area contributed by atoms with E-state index in [1.54, 1.807) is 18.2 Å². The van der Waals surface area contributed by atoms with Gasteiger partial charge in [0.15, 0.2) is 11.1 Å². The fraction of sp³-hybridized carbons (Fsp3) is 0.250. The standard InChI is InChI=1S/C16H19N5O4S/c1-8-14(26-16(19-8)21-15(17)18)9-3-2-4-10(5-9)20-12(23)6-11(22)7-13(24)25/h2-5,11,22H,6-7H2,1H3,(H,20,23)(H,24,25)(H4,17,18,19,21). The van der Waals surface area contributed by atoms with Crippen LogP contribution in [0.25, 0.3) is 10.4 Å². The Kier molecular flexibility index (Phi) is 6.26. The van der Waals surface area contributed by atoms with Crippen LogP contribution in [-0.2, 0) is 9.59 Å². The molecule has 1 aromatic carbocycles. The minimum Gasteiger partial charge on any atom is -0.481 e. The summed E-state index contributed by atoms with van der Waals surface area (Å²) in [7, 11) is 0. The van der Waals surface area contributed by atoms with Crippen molar-refractivity contribution in [2.24, 2.45) is 5.73 Å². The molecule has 10 heteroatoms. The molecule has 0 spiro atoms. The number of rotatable bonds is 7. The number of guanidine groups is 1. The summed E-state index contributed by atoms with van der Waals surface area (Å²) in [6.07, 6.45) is -2.03. The second-order valence-corrected chi connectivity index (χ2v) is 6.56. The Morgan fingerprint density at radius 1 is 1.35 bits per heavy atom. The summed E-state index contributed by atoms with van der Waals surface area (Å²) in [5, 5.41) is 31.2. The van der Waals surface area contributed by atoms with Crippen molar-refractivity contribution in [2.75, 3.05) is 10.6 Å². The molecule has 2 aromatic rings. The number of benzene rings is 1. The quantitative estimate of drug-likeness (QED) is 0.315. The third kappa shape index (κ3) is 5.53. The molecule has 26 heavy (non-hydrogen) atoms. The van der Waals surface area contributed by atoms with Gasteiger partial charge in [-0.15, -0.1) is 0 Å². The predicted octanol–water partition coefficient (Wildman–Crippen LogP) is 1.59. The molecule has 1 unspecified atom stereocenters. The Bertz CT molecular complexity index is 836. The van der Waals surface area contributed by atoms with Crippen molar-refractivity contribution in [2.45, 2.75) is 25.9 Å². The predicted molar refractivity (Wildman–Crippen MR) is 99.3 cm³/mol. The van der Waals surface area contributed by atoms with Crippen LogP contribution in [0.1, 0.15) is 18.5 Å². The van der Waals surface area contributed by atoms with E-state index < -0.39 is 24.4 Å². The maximum Gasteiger partial charge on any atom is 0.305 e. The molecule has 7 N–H and O–H groups in total. The normalized spacial score (nSPS) is 11.6. The molecule has 0 saturated carbocycles. The highest BCUT2D eigenvalue weighted by molar-refractivity contribution is 7.19. The van der Waals surface area contributed by atoms with Gasteiger partial charge >= 0.3 is 5.97 Å². The Morgan fingerprint density at radius 3 is 2.73 bits per heavy atom. The molecular formula is C16H19N5O4S. The lowest BCUT2D eigenvalue weighted by Crippen LogP contribution is -2.22. The van der Waals surface area contributed by atoms with Crippen LogP contribution in [0.15, 0.2) is 24.3 Å². The Morgan fingerprint density at radius 2 is 2.08 bits per heavy atom. The lowest BCUT2D eigenvalue weighted by atomic mass is 10.1. The summed E-state index contributed by atoms with van der Waals surface area (Å²) >= 11 is 1.32. The van der Waals surface area contributed by atoms with Gasteiger partial charge in [0.1, 0.15) is 0 Å². The van der Waals surface area contributed by atoms with E-state index in [9.17, 15) is 14.7 Å². The number of aryl methyl sites for hydroxylation is 1. The van der Waals surface area contributed by atoms with Gasteiger partial charge in [0.25, 0.3) is 0 Å². The summed E-state index contributed by atoms with van der Waals surface area (Å²) in [5.74, 6) is -1.84. The number of aliphatic hydroxyl groups is 1. The van der Waals surface area contributed by atoms with Gasteiger partial charge in [0.2, 0.25) is 5.91 Å². The van der Waals surface area contributed by atoms with Gasteiger partial charge in [0.05, 0.1) is 29.5 Å². The van der Waals surface area contributed by atoms with Crippen LogP contribution in [0.5, 0.6) is 0 Å². The molecule has 0 bridgehead atoms. The summed E-state index contributed by atoms with van der Waals surface area (Å²) < 4.78 is 0. The number of thiazole rings is 1. The zero-order chi connectivity index (χ0) is 19.3. The van der Waals surface area contributed by atoms with Gasteiger partial charge in [-0.3, -0.25) is 15.0 Å². The zero-order valence-corrected chi connectivity index (χ0v) is 14.8. The topological polar surface area (TPSA) is 161 Å². The highest BCUT2D eigenvalue weighted by Crippen LogP contribution is 2.33. The minimum atomic E-state index is -1.24. The number of nitrogens with two attached hydrogens (primary N) is 1. The van der Waals surface area contributed by atoms with Crippen molar-refractivity contribution in [3.63, 3.8) is 0 Å². The van der Waals surface area contributed by atoms with Crippen molar-refractivity contribution in [1.82, 2.24) is 4.98 Å². The number of amides is 1. The number of anilines is 2. The Balaban J connectivity index is 2.10. The van der Waals surface area contributed by atoms with E-state index in [1.807, 2.05) is 13.0 Å². The number of carbonyl (C=O) groups excluding carboxylic acids is 1. The van der Waals surface area contributed by atoms with Crippen LogP contribution >= 0.6 is 11.3 Å². The third-order valence-electron chi connectivity index (χ3n) is 3.28. The lowest BCUT2D eigenvalue weighted by Gasteiger charge is -2.10. The van der Waals surface area contributed by atoms with Gasteiger partial charge in [-0.25, -0.2) is 4.98 Å². The molecule has 0 aliphatic carbocycles. The number of aromatic nitrogens is 1. The third-order valence-corrected chi connectivity index (χ3v) is 4.40. The molecule has 1 atom stereocenters. The number of aliphatic hydroxyl groups excluding tert-OH is 1. The number of hydrogen-bond donors (Lipinski definition) is 6. The van der Waals surface area contributed by atoms with E-state index in [0.717, 1.165) is 16.1 Å². The van der Waals surface area contributed by atoms with E-state index in [0.29, 0.717) is 10.8 Å². The van der Waals surface area contributed by atoms with Gasteiger partial charge in [-0.1, -0.05) is 23.5 Å². The number of nitrogens with zero attached hydrogens (tertiary/aromatic N) is 1. The smallest absolute Gasteiger partial charge is 0.305 e. The van der Waals surface area contributed by atoms with Crippen LogP contribution in [0.2, 0.25) is 0 Å². The molecule has 9 nitrogen and oxygen atoms in total. The largest absolute Gasteiger partial charge is 0.481 e. The molecule has 2 rings (SSSR count). The van der Waals surface area contributed by atoms with Crippen molar-refractivity contribution < 1.29 is 19.8 Å².